The predicted octanol–water partition coefficient (Wildman–Crippen LogP) is 4.77. The molecule has 1 aromatic rings. The fourth-order valence-electron chi connectivity index (χ4n) is 4.17. The van der Waals surface area contributed by atoms with Gasteiger partial charge in [-0.3, -0.25) is 0 Å². The van der Waals surface area contributed by atoms with Crippen molar-refractivity contribution in [3.63, 3.8) is 0 Å². The van der Waals surface area contributed by atoms with Crippen LogP contribution in [0.3, 0.4) is 0 Å². The van der Waals surface area contributed by atoms with Crippen LogP contribution in [0.1, 0.15) is 62.6 Å². The standard InChI is InChI=1S/C20H29NO/c1-14(2)4-5-15-6-7-16-13-20(19(21)18(16)12-15)10-8-17(22-3)9-11-20/h6-7,12,14,17,21H,4-5,8-11,13H2,1-3H3/t17-,20-. The summed E-state index contributed by atoms with van der Waals surface area (Å²) in [6, 6.07) is 6.88. The van der Waals surface area contributed by atoms with E-state index in [0.29, 0.717) is 6.10 Å². The molecule has 3 rings (SSSR count). The summed E-state index contributed by atoms with van der Waals surface area (Å²) in [5.41, 5.74) is 5.04. The first kappa shape index (κ1) is 15.7. The molecule has 1 spiro atoms. The largest absolute Gasteiger partial charge is 0.381 e. The number of fused-ring (bicyclic) bond motifs is 1. The normalized spacial score (nSPS) is 27.6. The third kappa shape index (κ3) is 2.86. The van der Waals surface area contributed by atoms with Gasteiger partial charge in [0.2, 0.25) is 0 Å². The van der Waals surface area contributed by atoms with Gasteiger partial charge in [-0.25, -0.2) is 0 Å². The Bertz CT molecular complexity index is 553. The van der Waals surface area contributed by atoms with Crippen molar-refractivity contribution in [2.24, 2.45) is 11.3 Å². The van der Waals surface area contributed by atoms with Crippen LogP contribution in [0.5, 0.6) is 0 Å². The highest BCUT2D eigenvalue weighted by atomic mass is 16.5. The molecule has 2 aliphatic rings. The number of ether oxygens (including phenoxy) is 1. The van der Waals surface area contributed by atoms with Crippen LogP contribution in [0.15, 0.2) is 18.2 Å². The lowest BCUT2D eigenvalue weighted by molar-refractivity contribution is 0.0467. The van der Waals surface area contributed by atoms with Crippen molar-refractivity contribution in [2.75, 3.05) is 7.11 Å². The summed E-state index contributed by atoms with van der Waals surface area (Å²) in [6.07, 6.45) is 8.27. The Morgan fingerprint density at radius 2 is 2.00 bits per heavy atom. The SMILES string of the molecule is CO[C@H]1CC[C@]2(CC1)Cc1ccc(CCC(C)C)cc1C2=N. The van der Waals surface area contributed by atoms with Gasteiger partial charge in [0, 0.05) is 18.2 Å². The molecule has 1 fully saturated rings. The first-order valence-electron chi connectivity index (χ1n) is 8.78. The lowest BCUT2D eigenvalue weighted by Crippen LogP contribution is -2.35. The van der Waals surface area contributed by atoms with E-state index in [1.54, 1.807) is 0 Å². The number of hydrogen-bond donors (Lipinski definition) is 1. The van der Waals surface area contributed by atoms with Crippen LogP contribution in [0.4, 0.5) is 0 Å². The maximum atomic E-state index is 8.77. The van der Waals surface area contributed by atoms with Crippen LogP contribution in [-0.2, 0) is 17.6 Å². The zero-order valence-electron chi connectivity index (χ0n) is 14.2. The Morgan fingerprint density at radius 3 is 2.64 bits per heavy atom. The smallest absolute Gasteiger partial charge is 0.0572 e. The molecule has 22 heavy (non-hydrogen) atoms. The number of methoxy groups -OCH3 is 1. The topological polar surface area (TPSA) is 33.1 Å². The summed E-state index contributed by atoms with van der Waals surface area (Å²) < 4.78 is 5.51. The Balaban J connectivity index is 1.76. The van der Waals surface area contributed by atoms with Crippen molar-refractivity contribution in [3.05, 3.63) is 34.9 Å². The fourth-order valence-corrected chi connectivity index (χ4v) is 4.17. The number of benzene rings is 1. The Morgan fingerprint density at radius 1 is 1.27 bits per heavy atom. The summed E-state index contributed by atoms with van der Waals surface area (Å²) >= 11 is 0. The molecule has 0 heterocycles. The third-order valence-corrected chi connectivity index (χ3v) is 5.74. The molecule has 0 bridgehead atoms. The van der Waals surface area contributed by atoms with Crippen molar-refractivity contribution in [1.82, 2.24) is 0 Å². The van der Waals surface area contributed by atoms with E-state index in [1.807, 2.05) is 7.11 Å². The molecule has 0 radical (unpaired) electrons. The number of rotatable bonds is 4. The second kappa shape index (κ2) is 6.16. The van der Waals surface area contributed by atoms with Crippen LogP contribution in [-0.4, -0.2) is 18.9 Å². The predicted molar refractivity (Wildman–Crippen MR) is 91.8 cm³/mol. The molecular formula is C20H29NO. The lowest BCUT2D eigenvalue weighted by Gasteiger charge is -2.36. The molecule has 2 aliphatic carbocycles. The van der Waals surface area contributed by atoms with Gasteiger partial charge in [-0.2, -0.15) is 0 Å². The molecule has 0 aliphatic heterocycles. The lowest BCUT2D eigenvalue weighted by atomic mass is 9.70. The molecule has 1 N–H and O–H groups in total. The van der Waals surface area contributed by atoms with E-state index in [0.717, 1.165) is 50.2 Å². The summed E-state index contributed by atoms with van der Waals surface area (Å²) in [4.78, 5) is 0. The van der Waals surface area contributed by atoms with Crippen molar-refractivity contribution in [2.45, 2.75) is 64.9 Å². The summed E-state index contributed by atoms with van der Waals surface area (Å²) in [5.74, 6) is 0.739. The minimum Gasteiger partial charge on any atom is -0.381 e. The summed E-state index contributed by atoms with van der Waals surface area (Å²) in [5, 5.41) is 8.77. The fraction of sp³-hybridized carbons (Fsp3) is 0.650. The highest BCUT2D eigenvalue weighted by molar-refractivity contribution is 6.07. The summed E-state index contributed by atoms with van der Waals surface area (Å²) in [6.45, 7) is 4.55. The van der Waals surface area contributed by atoms with E-state index in [9.17, 15) is 0 Å². The Kier molecular flexibility index (Phi) is 4.40. The molecule has 2 nitrogen and oxygen atoms in total. The highest BCUT2D eigenvalue weighted by Crippen LogP contribution is 2.47. The van der Waals surface area contributed by atoms with E-state index in [4.69, 9.17) is 10.1 Å². The number of nitrogens with one attached hydrogen (secondary N) is 1. The van der Waals surface area contributed by atoms with E-state index >= 15 is 0 Å². The molecule has 1 aromatic carbocycles. The average molecular weight is 299 g/mol. The van der Waals surface area contributed by atoms with Crippen LogP contribution in [0.25, 0.3) is 0 Å². The second-order valence-corrected chi connectivity index (χ2v) is 7.69. The molecule has 1 saturated carbocycles. The molecule has 2 heteroatoms. The quantitative estimate of drug-likeness (QED) is 0.853. The average Bonchev–Trinajstić information content (AvgIpc) is 2.79. The van der Waals surface area contributed by atoms with E-state index < -0.39 is 0 Å². The molecule has 120 valence electrons. The van der Waals surface area contributed by atoms with Crippen molar-refractivity contribution >= 4 is 5.71 Å². The number of hydrogen-bond acceptors (Lipinski definition) is 2. The van der Waals surface area contributed by atoms with Gasteiger partial charge in [0.1, 0.15) is 0 Å². The zero-order valence-corrected chi connectivity index (χ0v) is 14.2. The van der Waals surface area contributed by atoms with Crippen LogP contribution in [0.2, 0.25) is 0 Å². The molecule has 0 aromatic heterocycles. The van der Waals surface area contributed by atoms with E-state index in [-0.39, 0.29) is 5.41 Å². The summed E-state index contributed by atoms with van der Waals surface area (Å²) in [7, 11) is 1.82. The van der Waals surface area contributed by atoms with Gasteiger partial charge in [0.05, 0.1) is 6.10 Å². The molecule has 0 amide bonds. The first-order valence-corrected chi connectivity index (χ1v) is 8.78. The molecule has 0 atom stereocenters. The van der Waals surface area contributed by atoms with Gasteiger partial charge in [-0.05, 0) is 73.6 Å². The molecule has 0 saturated heterocycles. The minimum atomic E-state index is 0.105. The van der Waals surface area contributed by atoms with E-state index in [1.165, 1.54) is 23.1 Å². The van der Waals surface area contributed by atoms with Crippen LogP contribution in [0, 0.1) is 16.7 Å². The van der Waals surface area contributed by atoms with Gasteiger partial charge < -0.3 is 10.1 Å². The molecular weight excluding hydrogens is 270 g/mol. The van der Waals surface area contributed by atoms with Crippen LogP contribution < -0.4 is 0 Å². The maximum absolute atomic E-state index is 8.77. The molecule has 0 unspecified atom stereocenters. The van der Waals surface area contributed by atoms with Gasteiger partial charge in [0.15, 0.2) is 0 Å². The highest BCUT2D eigenvalue weighted by Gasteiger charge is 2.44. The van der Waals surface area contributed by atoms with Crippen molar-refractivity contribution in [3.8, 4) is 0 Å². The van der Waals surface area contributed by atoms with Crippen molar-refractivity contribution < 1.29 is 4.74 Å². The van der Waals surface area contributed by atoms with E-state index in [2.05, 4.69) is 32.0 Å². The number of aryl methyl sites for hydroxylation is 1. The maximum Gasteiger partial charge on any atom is 0.0572 e. The Hall–Kier alpha value is -1.15. The Labute approximate surface area is 134 Å². The van der Waals surface area contributed by atoms with Gasteiger partial charge in [-0.1, -0.05) is 26.0 Å². The van der Waals surface area contributed by atoms with Gasteiger partial charge in [-0.15, -0.1) is 0 Å². The third-order valence-electron chi connectivity index (χ3n) is 5.74. The second-order valence-electron chi connectivity index (χ2n) is 7.69. The van der Waals surface area contributed by atoms with Gasteiger partial charge in [0.25, 0.3) is 0 Å². The van der Waals surface area contributed by atoms with Crippen LogP contribution >= 0.6 is 0 Å². The van der Waals surface area contributed by atoms with Gasteiger partial charge >= 0.3 is 0 Å². The monoisotopic (exact) mass is 299 g/mol. The zero-order chi connectivity index (χ0) is 15.7. The first-order chi connectivity index (χ1) is 10.5. The minimum absolute atomic E-state index is 0.105. The van der Waals surface area contributed by atoms with Crippen molar-refractivity contribution in [1.29, 1.82) is 5.41 Å².